The van der Waals surface area contributed by atoms with Gasteiger partial charge in [0, 0.05) is 14.1 Å². The zero-order valence-corrected chi connectivity index (χ0v) is 22.4. The molecule has 2 aromatic carbocycles. The summed E-state index contributed by atoms with van der Waals surface area (Å²) < 4.78 is 2.79. The van der Waals surface area contributed by atoms with Crippen LogP contribution >= 0.6 is 23.5 Å². The number of nitrogens with zero attached hydrogens (tertiary/aromatic N) is 8. The Labute approximate surface area is 233 Å². The lowest BCUT2D eigenvalue weighted by atomic mass is 9.99. The summed E-state index contributed by atoms with van der Waals surface area (Å²) in [6.45, 7) is 0. The summed E-state index contributed by atoms with van der Waals surface area (Å²) in [6, 6.07) is 8.57. The Morgan fingerprint density at radius 1 is 0.725 bits per heavy atom. The average molecular weight is 585 g/mol. The van der Waals surface area contributed by atoms with E-state index in [1.807, 2.05) is 0 Å². The molecule has 0 atom stereocenters. The van der Waals surface area contributed by atoms with Crippen LogP contribution in [0.1, 0.15) is 20.7 Å². The van der Waals surface area contributed by atoms with Crippen molar-refractivity contribution < 1.29 is 29.4 Å². The number of anilines is 2. The number of rotatable bonds is 11. The van der Waals surface area contributed by atoms with Crippen LogP contribution in [0.2, 0.25) is 0 Å². The van der Waals surface area contributed by atoms with Gasteiger partial charge in [0.2, 0.25) is 22.1 Å². The Morgan fingerprint density at radius 2 is 1.12 bits per heavy atom. The first kappa shape index (κ1) is 28.2. The molecule has 0 spiro atoms. The average Bonchev–Trinajstić information content (AvgIpc) is 3.53. The largest absolute Gasteiger partial charge is 0.478 e. The number of carbonyl (C=O) groups excluding carboxylic acids is 2. The first-order chi connectivity index (χ1) is 19.1. The van der Waals surface area contributed by atoms with Gasteiger partial charge in [-0.3, -0.25) is 9.59 Å². The molecule has 0 fully saturated rings. The summed E-state index contributed by atoms with van der Waals surface area (Å²) in [5, 5.41) is 47.3. The van der Waals surface area contributed by atoms with Crippen LogP contribution in [0.5, 0.6) is 0 Å². The third-order valence-corrected chi connectivity index (χ3v) is 7.23. The number of tetrazole rings is 2. The van der Waals surface area contributed by atoms with Crippen molar-refractivity contribution in [2.24, 2.45) is 14.1 Å². The van der Waals surface area contributed by atoms with Crippen molar-refractivity contribution in [3.8, 4) is 11.1 Å². The lowest BCUT2D eigenvalue weighted by Gasteiger charge is -2.13. The van der Waals surface area contributed by atoms with Crippen molar-refractivity contribution in [3.63, 3.8) is 0 Å². The molecule has 0 aliphatic rings. The highest BCUT2D eigenvalue weighted by atomic mass is 32.2. The first-order valence-corrected chi connectivity index (χ1v) is 13.1. The van der Waals surface area contributed by atoms with Gasteiger partial charge in [-0.15, -0.1) is 10.2 Å². The second-order valence-electron chi connectivity index (χ2n) is 7.97. The smallest absolute Gasteiger partial charge is 0.337 e. The van der Waals surface area contributed by atoms with Crippen molar-refractivity contribution in [1.29, 1.82) is 0 Å². The van der Waals surface area contributed by atoms with Gasteiger partial charge in [-0.1, -0.05) is 35.7 Å². The molecular weight excluding hydrogens is 564 g/mol. The fraction of sp³-hybridized carbons (Fsp3) is 0.182. The topological polar surface area (TPSA) is 220 Å². The normalized spacial score (nSPS) is 10.8. The number of aromatic nitrogens is 8. The molecule has 2 heterocycles. The molecular formula is C22H20N10O6S2. The van der Waals surface area contributed by atoms with Gasteiger partial charge in [0.25, 0.3) is 0 Å². The van der Waals surface area contributed by atoms with Gasteiger partial charge in [0.15, 0.2) is 0 Å². The van der Waals surface area contributed by atoms with E-state index in [1.54, 1.807) is 26.2 Å². The molecule has 16 nitrogen and oxygen atoms in total. The van der Waals surface area contributed by atoms with Crippen LogP contribution in [0.15, 0.2) is 46.7 Å². The van der Waals surface area contributed by atoms with E-state index in [9.17, 15) is 29.4 Å². The Balaban J connectivity index is 1.49. The Morgan fingerprint density at radius 3 is 1.45 bits per heavy atom. The molecule has 0 saturated carbocycles. The van der Waals surface area contributed by atoms with Gasteiger partial charge in [-0.25, -0.2) is 19.0 Å². The maximum Gasteiger partial charge on any atom is 0.337 e. The van der Waals surface area contributed by atoms with Crippen LogP contribution in [0.25, 0.3) is 11.1 Å². The third kappa shape index (κ3) is 6.77. The second-order valence-corrected chi connectivity index (χ2v) is 9.86. The molecule has 40 heavy (non-hydrogen) atoms. The van der Waals surface area contributed by atoms with Gasteiger partial charge in [0.1, 0.15) is 0 Å². The minimum absolute atomic E-state index is 0.0574. The molecule has 0 unspecified atom stereocenters. The van der Waals surface area contributed by atoms with E-state index in [0.29, 0.717) is 21.4 Å². The summed E-state index contributed by atoms with van der Waals surface area (Å²) in [5.74, 6) is -3.63. The van der Waals surface area contributed by atoms with Gasteiger partial charge < -0.3 is 20.8 Å². The van der Waals surface area contributed by atoms with E-state index in [2.05, 4.69) is 41.7 Å². The number of aryl methyl sites for hydroxylation is 2. The van der Waals surface area contributed by atoms with Crippen molar-refractivity contribution in [3.05, 3.63) is 47.5 Å². The highest BCUT2D eigenvalue weighted by molar-refractivity contribution is 8.00. The number of aromatic carboxylic acids is 2. The van der Waals surface area contributed by atoms with Crippen LogP contribution in [0.3, 0.4) is 0 Å². The maximum absolute atomic E-state index is 12.4. The molecule has 0 bridgehead atoms. The number of carbonyl (C=O) groups is 4. The van der Waals surface area contributed by atoms with Crippen LogP contribution < -0.4 is 10.6 Å². The standard InChI is InChI=1S/C22H20N10O6S2/c1-31-21(25-27-29-31)39-9-17(33)23-15-5-3-11(7-13(15)19(35)36)12-4-6-16(14(8-12)20(37)38)24-18(34)10-40-22-26-28-30-32(22)2/h3-8H,9-10H2,1-2H3,(H,23,33)(H,24,34)(H,35,36)(H,37,38). The predicted molar refractivity (Wildman–Crippen MR) is 142 cm³/mol. The van der Waals surface area contributed by atoms with Crippen LogP contribution in [0, 0.1) is 0 Å². The Bertz CT molecular complexity index is 1490. The van der Waals surface area contributed by atoms with Crippen LogP contribution in [-0.4, -0.2) is 85.9 Å². The minimum atomic E-state index is -1.29. The predicted octanol–water partition coefficient (Wildman–Crippen LogP) is 1.26. The lowest BCUT2D eigenvalue weighted by molar-refractivity contribution is -0.114. The van der Waals surface area contributed by atoms with Crippen molar-refractivity contribution in [1.82, 2.24) is 40.4 Å². The fourth-order valence-electron chi connectivity index (χ4n) is 3.34. The first-order valence-electron chi connectivity index (χ1n) is 11.2. The maximum atomic E-state index is 12.4. The van der Waals surface area contributed by atoms with Gasteiger partial charge in [-0.05, 0) is 56.2 Å². The Kier molecular flexibility index (Phi) is 8.70. The molecule has 2 aromatic heterocycles. The monoisotopic (exact) mass is 584 g/mol. The van der Waals surface area contributed by atoms with Crippen molar-refractivity contribution >= 4 is 58.7 Å². The zero-order valence-electron chi connectivity index (χ0n) is 20.8. The quantitative estimate of drug-likeness (QED) is 0.182. The number of nitrogens with one attached hydrogen (secondary N) is 2. The second kappa shape index (κ2) is 12.3. The van der Waals surface area contributed by atoms with E-state index in [0.717, 1.165) is 23.5 Å². The van der Waals surface area contributed by atoms with Crippen LogP contribution in [0.4, 0.5) is 11.4 Å². The van der Waals surface area contributed by atoms with Gasteiger partial charge in [-0.2, -0.15) is 0 Å². The van der Waals surface area contributed by atoms with E-state index in [-0.39, 0.29) is 34.0 Å². The molecule has 2 amide bonds. The van der Waals surface area contributed by atoms with E-state index in [1.165, 1.54) is 33.6 Å². The highest BCUT2D eigenvalue weighted by Crippen LogP contribution is 2.29. The van der Waals surface area contributed by atoms with Crippen molar-refractivity contribution in [2.45, 2.75) is 10.3 Å². The highest BCUT2D eigenvalue weighted by Gasteiger charge is 2.18. The van der Waals surface area contributed by atoms with E-state index >= 15 is 0 Å². The Hall–Kier alpha value is -4.84. The van der Waals surface area contributed by atoms with Crippen LogP contribution in [-0.2, 0) is 23.7 Å². The molecule has 206 valence electrons. The minimum Gasteiger partial charge on any atom is -0.478 e. The molecule has 0 aliphatic heterocycles. The molecule has 0 aliphatic carbocycles. The summed E-state index contributed by atoms with van der Waals surface area (Å²) in [5.41, 5.74) is 0.523. The van der Waals surface area contributed by atoms with Crippen molar-refractivity contribution in [2.75, 3.05) is 22.1 Å². The molecule has 4 N–H and O–H groups in total. The number of carboxylic acids is 2. The van der Waals surface area contributed by atoms with E-state index in [4.69, 9.17) is 0 Å². The lowest BCUT2D eigenvalue weighted by Crippen LogP contribution is -2.17. The zero-order chi connectivity index (χ0) is 28.8. The van der Waals surface area contributed by atoms with E-state index < -0.39 is 23.8 Å². The van der Waals surface area contributed by atoms with Gasteiger partial charge >= 0.3 is 11.9 Å². The molecule has 4 aromatic rings. The summed E-state index contributed by atoms with van der Waals surface area (Å²) >= 11 is 2.16. The number of benzene rings is 2. The number of hydrogen-bond donors (Lipinski definition) is 4. The number of thioether (sulfide) groups is 2. The molecule has 4 rings (SSSR count). The number of hydrogen-bond acceptors (Lipinski definition) is 12. The summed E-state index contributed by atoms with van der Waals surface area (Å²) in [7, 11) is 3.24. The summed E-state index contributed by atoms with van der Waals surface area (Å²) in [6.07, 6.45) is 0. The molecule has 0 saturated heterocycles. The van der Waals surface area contributed by atoms with Gasteiger partial charge in [0.05, 0.1) is 34.0 Å². The fourth-order valence-corrected chi connectivity index (χ4v) is 4.64. The number of carboxylic acid groups (broad SMARTS) is 2. The third-order valence-electron chi connectivity index (χ3n) is 5.21. The molecule has 18 heteroatoms. The summed E-state index contributed by atoms with van der Waals surface area (Å²) in [4.78, 5) is 48.7. The molecule has 0 radical (unpaired) electrons. The SMILES string of the molecule is Cn1nnnc1SCC(=O)Nc1ccc(-c2ccc(NC(=O)CSc3nnnn3C)c(C(=O)O)c2)cc1C(=O)O. The number of amides is 2.